The first-order valence-electron chi connectivity index (χ1n) is 9.63. The van der Waals surface area contributed by atoms with Crippen LogP contribution in [0.3, 0.4) is 0 Å². The average molecular weight is 390 g/mol. The normalized spacial score (nSPS) is 16.0. The Morgan fingerprint density at radius 3 is 2.81 bits per heavy atom. The van der Waals surface area contributed by atoms with Crippen LogP contribution in [0.25, 0.3) is 10.9 Å². The maximum Gasteiger partial charge on any atom is 0.223 e. The highest BCUT2D eigenvalue weighted by Gasteiger charge is 2.25. The molecule has 1 N–H and O–H groups in total. The number of pyridine rings is 1. The smallest absolute Gasteiger partial charge is 0.223 e. The molecule has 0 bridgehead atoms. The van der Waals surface area contributed by atoms with Gasteiger partial charge in [-0.05, 0) is 50.9 Å². The van der Waals surface area contributed by atoms with Crippen molar-refractivity contribution < 1.29 is 9.53 Å². The number of methoxy groups -OCH3 is 1. The highest BCUT2D eigenvalue weighted by molar-refractivity contribution is 6.32. The van der Waals surface area contributed by atoms with Crippen molar-refractivity contribution in [2.75, 3.05) is 33.4 Å². The third kappa shape index (κ3) is 4.98. The molecule has 0 unspecified atom stereocenters. The second kappa shape index (κ2) is 9.49. The number of aryl methyl sites for hydroxylation is 1. The van der Waals surface area contributed by atoms with Crippen LogP contribution in [0, 0.1) is 12.8 Å². The van der Waals surface area contributed by atoms with Crippen molar-refractivity contribution in [1.29, 1.82) is 0 Å². The topological polar surface area (TPSA) is 54.5 Å². The lowest BCUT2D eigenvalue weighted by atomic mass is 9.95. The number of nitrogens with zero attached hydrogens (tertiary/aromatic N) is 2. The van der Waals surface area contributed by atoms with Crippen LogP contribution in [0.2, 0.25) is 5.02 Å². The van der Waals surface area contributed by atoms with E-state index in [0.717, 1.165) is 66.1 Å². The summed E-state index contributed by atoms with van der Waals surface area (Å²) in [5.74, 6) is 0.272. The van der Waals surface area contributed by atoms with Crippen molar-refractivity contribution in [3.05, 3.63) is 40.5 Å². The van der Waals surface area contributed by atoms with Gasteiger partial charge in [0.2, 0.25) is 5.91 Å². The van der Waals surface area contributed by atoms with Gasteiger partial charge in [0.15, 0.2) is 0 Å². The van der Waals surface area contributed by atoms with Crippen molar-refractivity contribution >= 4 is 28.4 Å². The zero-order valence-corrected chi connectivity index (χ0v) is 16.9. The van der Waals surface area contributed by atoms with Crippen molar-refractivity contribution in [1.82, 2.24) is 15.2 Å². The minimum Gasteiger partial charge on any atom is -0.385 e. The molecule has 1 aliphatic heterocycles. The fourth-order valence-electron chi connectivity index (χ4n) is 3.66. The molecule has 2 aromatic rings. The Labute approximate surface area is 166 Å². The molecule has 1 aliphatic rings. The van der Waals surface area contributed by atoms with Gasteiger partial charge in [0.25, 0.3) is 0 Å². The summed E-state index contributed by atoms with van der Waals surface area (Å²) in [7, 11) is 1.68. The van der Waals surface area contributed by atoms with Gasteiger partial charge in [-0.25, -0.2) is 4.98 Å². The number of rotatable bonds is 7. The molecule has 27 heavy (non-hydrogen) atoms. The van der Waals surface area contributed by atoms with Gasteiger partial charge in [-0.15, -0.1) is 0 Å². The van der Waals surface area contributed by atoms with Gasteiger partial charge >= 0.3 is 0 Å². The van der Waals surface area contributed by atoms with E-state index in [2.05, 4.69) is 23.2 Å². The van der Waals surface area contributed by atoms with E-state index in [4.69, 9.17) is 21.3 Å². The third-order valence-electron chi connectivity index (χ3n) is 5.30. The van der Waals surface area contributed by atoms with Crippen LogP contribution in [0.5, 0.6) is 0 Å². The molecular weight excluding hydrogens is 362 g/mol. The van der Waals surface area contributed by atoms with E-state index in [1.807, 2.05) is 18.2 Å². The van der Waals surface area contributed by atoms with Crippen LogP contribution < -0.4 is 5.32 Å². The zero-order chi connectivity index (χ0) is 19.2. The molecule has 1 amide bonds. The Morgan fingerprint density at radius 1 is 1.33 bits per heavy atom. The second-order valence-electron chi connectivity index (χ2n) is 7.20. The number of piperidine rings is 1. The summed E-state index contributed by atoms with van der Waals surface area (Å²) in [6, 6.07) is 8.10. The van der Waals surface area contributed by atoms with Crippen molar-refractivity contribution in [3.8, 4) is 0 Å². The van der Waals surface area contributed by atoms with E-state index in [1.54, 1.807) is 7.11 Å². The summed E-state index contributed by atoms with van der Waals surface area (Å²) in [5.41, 5.74) is 3.00. The van der Waals surface area contributed by atoms with Gasteiger partial charge in [0.05, 0.1) is 16.2 Å². The molecule has 3 rings (SSSR count). The van der Waals surface area contributed by atoms with Gasteiger partial charge in [-0.1, -0.05) is 29.8 Å². The standard InChI is InChI=1S/C21H28ClN3O2/c1-15-17-6-3-4-7-18(17)24-19(20(15)22)14-25-11-8-16(9-12-25)21(26)23-10-5-13-27-2/h3-4,6-7,16H,5,8-14H2,1-2H3,(H,23,26). The Bertz CT molecular complexity index is 788. The number of fused-ring (bicyclic) bond motifs is 1. The number of nitrogens with one attached hydrogen (secondary N) is 1. The molecule has 1 fully saturated rings. The van der Waals surface area contributed by atoms with Crippen LogP contribution >= 0.6 is 11.6 Å². The van der Waals surface area contributed by atoms with E-state index in [1.165, 1.54) is 0 Å². The molecule has 0 aliphatic carbocycles. The maximum absolute atomic E-state index is 12.3. The predicted octanol–water partition coefficient (Wildman–Crippen LogP) is 3.56. The molecule has 146 valence electrons. The van der Waals surface area contributed by atoms with Gasteiger partial charge in [-0.2, -0.15) is 0 Å². The van der Waals surface area contributed by atoms with Crippen LogP contribution in [-0.4, -0.2) is 49.1 Å². The molecule has 2 heterocycles. The summed E-state index contributed by atoms with van der Waals surface area (Å²) >= 11 is 6.59. The first kappa shape index (κ1) is 20.1. The monoisotopic (exact) mass is 389 g/mol. The molecule has 0 saturated carbocycles. The summed E-state index contributed by atoms with van der Waals surface area (Å²) in [5, 5.41) is 4.88. The lowest BCUT2D eigenvalue weighted by molar-refractivity contribution is -0.126. The molecule has 1 saturated heterocycles. The van der Waals surface area contributed by atoms with Crippen molar-refractivity contribution in [2.24, 2.45) is 5.92 Å². The average Bonchev–Trinajstić information content (AvgIpc) is 2.69. The van der Waals surface area contributed by atoms with E-state index < -0.39 is 0 Å². The third-order valence-corrected chi connectivity index (χ3v) is 5.80. The summed E-state index contributed by atoms with van der Waals surface area (Å²) < 4.78 is 5.01. The molecule has 5 nitrogen and oxygen atoms in total. The second-order valence-corrected chi connectivity index (χ2v) is 7.58. The Morgan fingerprint density at radius 2 is 2.07 bits per heavy atom. The first-order chi connectivity index (χ1) is 13.1. The van der Waals surface area contributed by atoms with Crippen molar-refractivity contribution in [3.63, 3.8) is 0 Å². The summed E-state index contributed by atoms with van der Waals surface area (Å²) in [6.45, 7) is 5.92. The lowest BCUT2D eigenvalue weighted by Gasteiger charge is -2.31. The zero-order valence-electron chi connectivity index (χ0n) is 16.1. The fourth-order valence-corrected chi connectivity index (χ4v) is 3.86. The summed E-state index contributed by atoms with van der Waals surface area (Å²) in [6.07, 6.45) is 2.60. The molecular formula is C21H28ClN3O2. The van der Waals surface area contributed by atoms with E-state index >= 15 is 0 Å². The minimum atomic E-state index is 0.102. The van der Waals surface area contributed by atoms with E-state index in [-0.39, 0.29) is 11.8 Å². The number of halogens is 1. The number of carbonyl (C=O) groups is 1. The quantitative estimate of drug-likeness (QED) is 0.735. The molecule has 1 aromatic heterocycles. The minimum absolute atomic E-state index is 0.102. The molecule has 1 aromatic carbocycles. The van der Waals surface area contributed by atoms with Gasteiger partial charge < -0.3 is 10.1 Å². The van der Waals surface area contributed by atoms with Gasteiger partial charge in [-0.3, -0.25) is 9.69 Å². The Hall–Kier alpha value is -1.69. The van der Waals surface area contributed by atoms with E-state index in [0.29, 0.717) is 13.2 Å². The van der Waals surface area contributed by atoms with Crippen LogP contribution in [0.15, 0.2) is 24.3 Å². The molecule has 6 heteroatoms. The molecule has 0 radical (unpaired) electrons. The predicted molar refractivity (Wildman–Crippen MR) is 109 cm³/mol. The number of hydrogen-bond acceptors (Lipinski definition) is 4. The number of ether oxygens (including phenoxy) is 1. The Kier molecular flexibility index (Phi) is 7.05. The highest BCUT2D eigenvalue weighted by atomic mass is 35.5. The maximum atomic E-state index is 12.3. The summed E-state index contributed by atoms with van der Waals surface area (Å²) in [4.78, 5) is 19.4. The van der Waals surface area contributed by atoms with Crippen LogP contribution in [-0.2, 0) is 16.1 Å². The van der Waals surface area contributed by atoms with Crippen LogP contribution in [0.1, 0.15) is 30.5 Å². The number of hydrogen-bond donors (Lipinski definition) is 1. The highest BCUT2D eigenvalue weighted by Crippen LogP contribution is 2.28. The van der Waals surface area contributed by atoms with Crippen molar-refractivity contribution in [2.45, 2.75) is 32.7 Å². The largest absolute Gasteiger partial charge is 0.385 e. The number of benzene rings is 1. The number of likely N-dealkylation sites (tertiary alicyclic amines) is 1. The molecule has 0 spiro atoms. The van der Waals surface area contributed by atoms with Crippen LogP contribution in [0.4, 0.5) is 0 Å². The SMILES string of the molecule is COCCCNC(=O)C1CCN(Cc2nc3ccccc3c(C)c2Cl)CC1. The number of carbonyl (C=O) groups excluding carboxylic acids is 1. The van der Waals surface area contributed by atoms with E-state index in [9.17, 15) is 4.79 Å². The number of aromatic nitrogens is 1. The number of para-hydroxylation sites is 1. The number of amides is 1. The van der Waals surface area contributed by atoms with Gasteiger partial charge in [0.1, 0.15) is 0 Å². The first-order valence-corrected chi connectivity index (χ1v) is 10.0. The van der Waals surface area contributed by atoms with Gasteiger partial charge in [0, 0.05) is 38.1 Å². The Balaban J connectivity index is 1.56. The lowest BCUT2D eigenvalue weighted by Crippen LogP contribution is -2.40. The molecule has 0 atom stereocenters. The fraction of sp³-hybridized carbons (Fsp3) is 0.524.